The molecule has 20 heavy (non-hydrogen) atoms. The van der Waals surface area contributed by atoms with Crippen LogP contribution in [-0.2, 0) is 12.0 Å². The summed E-state index contributed by atoms with van der Waals surface area (Å²) in [5.74, 6) is 1.08. The van der Waals surface area contributed by atoms with Crippen molar-refractivity contribution < 1.29 is 33.2 Å². The summed E-state index contributed by atoms with van der Waals surface area (Å²) in [7, 11) is 4.47. The van der Waals surface area contributed by atoms with Crippen LogP contribution in [0.2, 0.25) is 0 Å². The van der Waals surface area contributed by atoms with Gasteiger partial charge in [0, 0.05) is 13.8 Å². The molecular weight excluding hydrogens is 476 g/mol. The third kappa shape index (κ3) is 3.27. The lowest BCUT2D eigenvalue weighted by Gasteiger charge is -2.48. The largest absolute Gasteiger partial charge is 1.00 e. The molecule has 0 N–H and O–H groups in total. The lowest BCUT2D eigenvalue weighted by atomic mass is 9.85. The van der Waals surface area contributed by atoms with Crippen molar-refractivity contribution in [3.05, 3.63) is 26.8 Å². The molecule has 2 nitrogen and oxygen atoms in total. The summed E-state index contributed by atoms with van der Waals surface area (Å²) in [6, 6.07) is 4.59. The quantitative estimate of drug-likeness (QED) is 0.385. The molecule has 0 fully saturated rings. The molecule has 0 aliphatic carbocycles. The molecule has 1 heterocycles. The molecule has 114 valence electrons. The van der Waals surface area contributed by atoms with Gasteiger partial charge in [0.05, 0.1) is 23.2 Å². The number of quaternary nitrogens is 1. The summed E-state index contributed by atoms with van der Waals surface area (Å²) in [4.78, 5) is 0. The highest BCUT2D eigenvalue weighted by atomic mass is 127. The first-order chi connectivity index (χ1) is 8.44. The third-order valence-corrected chi connectivity index (χ3v) is 5.16. The van der Waals surface area contributed by atoms with Crippen molar-refractivity contribution in [2.24, 2.45) is 0 Å². The Morgan fingerprint density at radius 2 is 1.75 bits per heavy atom. The maximum Gasteiger partial charge on any atom is 0.237 e. The van der Waals surface area contributed by atoms with E-state index in [1.165, 1.54) is 14.7 Å². The van der Waals surface area contributed by atoms with Gasteiger partial charge in [0.25, 0.3) is 0 Å². The molecular formula is C16H25I2NO. The van der Waals surface area contributed by atoms with E-state index < -0.39 is 0 Å². The van der Waals surface area contributed by atoms with Crippen molar-refractivity contribution in [3.63, 3.8) is 0 Å². The van der Waals surface area contributed by atoms with Crippen molar-refractivity contribution in [3.8, 4) is 5.75 Å². The second kappa shape index (κ2) is 5.57. The van der Waals surface area contributed by atoms with E-state index in [0.717, 1.165) is 16.8 Å². The molecule has 0 saturated carbocycles. The van der Waals surface area contributed by atoms with Crippen LogP contribution in [0, 0.1) is 3.57 Å². The maximum atomic E-state index is 6.30. The molecule has 0 amide bonds. The van der Waals surface area contributed by atoms with Gasteiger partial charge in [-0.3, -0.25) is 4.48 Å². The summed E-state index contributed by atoms with van der Waals surface area (Å²) in [5.41, 5.74) is 2.72. The van der Waals surface area contributed by atoms with E-state index in [9.17, 15) is 0 Å². The molecule has 0 unspecified atom stereocenters. The number of rotatable bonds is 0. The normalized spacial score (nSPS) is 19.6. The summed E-state index contributed by atoms with van der Waals surface area (Å²) in [6.45, 7) is 12.1. The molecule has 0 saturated heterocycles. The van der Waals surface area contributed by atoms with Crippen molar-refractivity contribution in [1.29, 1.82) is 0 Å². The molecule has 2 rings (SSSR count). The van der Waals surface area contributed by atoms with Crippen LogP contribution in [0.25, 0.3) is 0 Å². The van der Waals surface area contributed by atoms with Crippen LogP contribution >= 0.6 is 22.6 Å². The van der Waals surface area contributed by atoms with E-state index in [-0.39, 0.29) is 35.1 Å². The smallest absolute Gasteiger partial charge is 0.237 e. The summed E-state index contributed by atoms with van der Waals surface area (Å²) >= 11 is 2.41. The minimum Gasteiger partial charge on any atom is -1.00 e. The number of fused-ring (bicyclic) bond motifs is 1. The second-order valence-electron chi connectivity index (χ2n) is 7.59. The van der Waals surface area contributed by atoms with Crippen molar-refractivity contribution in [2.45, 2.75) is 52.3 Å². The lowest BCUT2D eigenvalue weighted by Crippen LogP contribution is -3.00. The van der Waals surface area contributed by atoms with E-state index in [1.54, 1.807) is 0 Å². The Morgan fingerprint density at radius 1 is 1.20 bits per heavy atom. The van der Waals surface area contributed by atoms with E-state index in [4.69, 9.17) is 4.74 Å². The van der Waals surface area contributed by atoms with Crippen LogP contribution in [0.4, 0.5) is 0 Å². The number of hydrogen-bond acceptors (Lipinski definition) is 1. The maximum absolute atomic E-state index is 6.30. The average Bonchev–Trinajstić information content (AvgIpc) is 2.19. The number of ether oxygens (including phenoxy) is 1. The summed E-state index contributed by atoms with van der Waals surface area (Å²) in [5, 5.41) is 0. The first-order valence-corrected chi connectivity index (χ1v) is 7.87. The number of halogens is 2. The van der Waals surface area contributed by atoms with Crippen LogP contribution in [0.5, 0.6) is 5.75 Å². The minimum absolute atomic E-state index is 0. The second-order valence-corrected chi connectivity index (χ2v) is 8.75. The highest BCUT2D eigenvalue weighted by molar-refractivity contribution is 14.1. The van der Waals surface area contributed by atoms with E-state index in [0.29, 0.717) is 0 Å². The zero-order chi connectivity index (χ0) is 14.6. The van der Waals surface area contributed by atoms with Crippen LogP contribution in [0.1, 0.15) is 45.7 Å². The highest BCUT2D eigenvalue weighted by Gasteiger charge is 2.44. The molecule has 0 spiro atoms. The highest BCUT2D eigenvalue weighted by Crippen LogP contribution is 2.41. The van der Waals surface area contributed by atoms with Crippen molar-refractivity contribution in [1.82, 2.24) is 0 Å². The van der Waals surface area contributed by atoms with Gasteiger partial charge >= 0.3 is 0 Å². The Labute approximate surface area is 154 Å². The summed E-state index contributed by atoms with van der Waals surface area (Å²) < 4.78 is 8.38. The van der Waals surface area contributed by atoms with Gasteiger partial charge in [-0.1, -0.05) is 20.8 Å². The SMILES string of the molecule is CC(C)(C)c1cc(I)c2c(c1)C[N+](C)(C)C(C)(C)O2.[I-]. The monoisotopic (exact) mass is 501 g/mol. The first-order valence-electron chi connectivity index (χ1n) is 6.79. The van der Waals surface area contributed by atoms with Gasteiger partial charge in [-0.2, -0.15) is 0 Å². The number of hydrogen-bond donors (Lipinski definition) is 0. The minimum atomic E-state index is -0.184. The van der Waals surface area contributed by atoms with Gasteiger partial charge in [0.15, 0.2) is 0 Å². The van der Waals surface area contributed by atoms with Crippen LogP contribution in [0.3, 0.4) is 0 Å². The standard InChI is InChI=1S/C16H25INO.HI/c1-15(2,3)12-8-11-10-18(6,7)16(4,5)19-14(11)13(17)9-12;/h8-9H,10H2,1-7H3;1H/q+1;/p-1. The van der Waals surface area contributed by atoms with Gasteiger partial charge in [-0.15, -0.1) is 0 Å². The molecule has 0 aromatic heterocycles. The fourth-order valence-electron chi connectivity index (χ4n) is 2.30. The molecule has 1 aromatic rings. The summed E-state index contributed by atoms with van der Waals surface area (Å²) in [6.07, 6.45) is 0. The van der Waals surface area contributed by atoms with Crippen LogP contribution in [0.15, 0.2) is 12.1 Å². The lowest BCUT2D eigenvalue weighted by molar-refractivity contribution is -0.973. The van der Waals surface area contributed by atoms with Gasteiger partial charge in [-0.05, 0) is 45.7 Å². The van der Waals surface area contributed by atoms with Crippen LogP contribution < -0.4 is 28.7 Å². The van der Waals surface area contributed by atoms with Crippen LogP contribution in [-0.4, -0.2) is 24.3 Å². The molecule has 0 atom stereocenters. The molecule has 1 aliphatic rings. The van der Waals surface area contributed by atoms with Gasteiger partial charge in [0.1, 0.15) is 12.3 Å². The topological polar surface area (TPSA) is 9.23 Å². The Bertz CT molecular complexity index is 516. The Hall–Kier alpha value is 0.440. The van der Waals surface area contributed by atoms with E-state index in [1.807, 2.05) is 0 Å². The van der Waals surface area contributed by atoms with E-state index >= 15 is 0 Å². The van der Waals surface area contributed by atoms with Crippen molar-refractivity contribution in [2.75, 3.05) is 14.1 Å². The molecule has 1 aliphatic heterocycles. The fraction of sp³-hybridized carbons (Fsp3) is 0.625. The van der Waals surface area contributed by atoms with Gasteiger partial charge < -0.3 is 28.7 Å². The van der Waals surface area contributed by atoms with E-state index in [2.05, 4.69) is 83.4 Å². The predicted molar refractivity (Wildman–Crippen MR) is 88.4 cm³/mol. The van der Waals surface area contributed by atoms with Crippen molar-refractivity contribution >= 4 is 22.6 Å². The zero-order valence-electron chi connectivity index (χ0n) is 13.5. The number of nitrogens with zero attached hydrogens (tertiary/aromatic N) is 1. The Kier molecular flexibility index (Phi) is 5.15. The molecule has 0 bridgehead atoms. The average molecular weight is 501 g/mol. The van der Waals surface area contributed by atoms with Gasteiger partial charge in [-0.25, -0.2) is 0 Å². The zero-order valence-corrected chi connectivity index (χ0v) is 17.8. The first kappa shape index (κ1) is 18.5. The van der Waals surface area contributed by atoms with Gasteiger partial charge in [0.2, 0.25) is 5.72 Å². The fourth-order valence-corrected chi connectivity index (χ4v) is 3.10. The third-order valence-electron chi connectivity index (χ3n) is 4.36. The number of benzene rings is 1. The molecule has 1 aromatic carbocycles. The molecule has 4 heteroatoms. The predicted octanol–water partition coefficient (Wildman–Crippen LogP) is 1.30. The Balaban J connectivity index is 0.00000200. The Morgan fingerprint density at radius 3 is 2.25 bits per heavy atom. The molecule has 0 radical (unpaired) electrons.